The van der Waals surface area contributed by atoms with Crippen molar-refractivity contribution in [3.63, 3.8) is 0 Å². The molecule has 1 nitrogen and oxygen atoms in total. The molecule has 0 bridgehead atoms. The highest BCUT2D eigenvalue weighted by Gasteiger charge is 2.02. The van der Waals surface area contributed by atoms with E-state index < -0.39 is 0 Å². The Balaban J connectivity index is 3.12. The molecule has 0 radical (unpaired) electrons. The standard InChI is InChI=1S/C9H11ClN/c1-3-6-11-7-8(2)4-5-9(11)10/h3-7H,1-2H3/q+1/b6-3-. The zero-order valence-electron chi connectivity index (χ0n) is 6.71. The van der Waals surface area contributed by atoms with E-state index in [0.717, 1.165) is 5.15 Å². The molecule has 0 saturated carbocycles. The normalized spacial score (nSPS) is 10.8. The molecule has 1 heterocycles. The summed E-state index contributed by atoms with van der Waals surface area (Å²) in [5.74, 6) is 0. The van der Waals surface area contributed by atoms with E-state index in [9.17, 15) is 0 Å². The highest BCUT2D eigenvalue weighted by atomic mass is 35.5. The van der Waals surface area contributed by atoms with Gasteiger partial charge in [0.05, 0.1) is 0 Å². The lowest BCUT2D eigenvalue weighted by Gasteiger charge is -1.91. The van der Waals surface area contributed by atoms with Gasteiger partial charge in [0.25, 0.3) is 5.15 Å². The van der Waals surface area contributed by atoms with Gasteiger partial charge in [-0.3, -0.25) is 0 Å². The predicted octanol–water partition coefficient (Wildman–Crippen LogP) is 2.43. The quantitative estimate of drug-likeness (QED) is 0.448. The summed E-state index contributed by atoms with van der Waals surface area (Å²) < 4.78 is 1.89. The van der Waals surface area contributed by atoms with Crippen molar-refractivity contribution in [2.24, 2.45) is 0 Å². The largest absolute Gasteiger partial charge is 0.280 e. The molecule has 0 saturated heterocycles. The second kappa shape index (κ2) is 3.54. The SMILES string of the molecule is C/C=C\[n+]1cc(C)ccc1Cl. The molecular weight excluding hydrogens is 158 g/mol. The predicted molar refractivity (Wildman–Crippen MR) is 47.4 cm³/mol. The molecule has 0 atom stereocenters. The Morgan fingerprint density at radius 2 is 2.18 bits per heavy atom. The number of aromatic nitrogens is 1. The van der Waals surface area contributed by atoms with E-state index in [1.807, 2.05) is 49.0 Å². The van der Waals surface area contributed by atoms with Crippen molar-refractivity contribution in [1.29, 1.82) is 0 Å². The maximum absolute atomic E-state index is 5.89. The van der Waals surface area contributed by atoms with Gasteiger partial charge in [-0.25, -0.2) is 0 Å². The van der Waals surface area contributed by atoms with E-state index in [4.69, 9.17) is 11.6 Å². The molecule has 11 heavy (non-hydrogen) atoms. The molecule has 0 aliphatic rings. The molecule has 0 aromatic carbocycles. The van der Waals surface area contributed by atoms with Crippen LogP contribution in [0.25, 0.3) is 6.20 Å². The number of aryl methyl sites for hydroxylation is 1. The van der Waals surface area contributed by atoms with Crippen molar-refractivity contribution >= 4 is 17.8 Å². The van der Waals surface area contributed by atoms with Crippen molar-refractivity contribution in [3.8, 4) is 0 Å². The number of pyridine rings is 1. The fourth-order valence-electron chi connectivity index (χ4n) is 0.885. The van der Waals surface area contributed by atoms with Gasteiger partial charge in [-0.2, -0.15) is 4.57 Å². The maximum atomic E-state index is 5.89. The van der Waals surface area contributed by atoms with E-state index in [2.05, 4.69) is 0 Å². The molecule has 1 aromatic rings. The first-order valence-corrected chi connectivity index (χ1v) is 3.92. The molecule has 0 unspecified atom stereocenters. The number of halogens is 1. The number of hydrogen-bond donors (Lipinski definition) is 0. The minimum absolute atomic E-state index is 0.730. The number of allylic oxidation sites excluding steroid dienone is 1. The van der Waals surface area contributed by atoms with Crippen molar-refractivity contribution < 1.29 is 4.57 Å². The molecule has 0 spiro atoms. The third kappa shape index (κ3) is 2.05. The topological polar surface area (TPSA) is 3.88 Å². The maximum Gasteiger partial charge on any atom is 0.280 e. The van der Waals surface area contributed by atoms with Crippen LogP contribution in [0.5, 0.6) is 0 Å². The van der Waals surface area contributed by atoms with Crippen LogP contribution >= 0.6 is 11.6 Å². The van der Waals surface area contributed by atoms with Gasteiger partial charge in [0.2, 0.25) is 0 Å². The highest BCUT2D eigenvalue weighted by molar-refractivity contribution is 6.28. The van der Waals surface area contributed by atoms with Gasteiger partial charge in [0.15, 0.2) is 12.4 Å². The minimum Gasteiger partial charge on any atom is -0.157 e. The first-order chi connectivity index (χ1) is 5.24. The number of hydrogen-bond acceptors (Lipinski definition) is 0. The summed E-state index contributed by atoms with van der Waals surface area (Å²) in [5.41, 5.74) is 1.20. The van der Waals surface area contributed by atoms with E-state index in [1.165, 1.54) is 5.56 Å². The first kappa shape index (κ1) is 8.28. The van der Waals surface area contributed by atoms with Crippen molar-refractivity contribution in [1.82, 2.24) is 0 Å². The van der Waals surface area contributed by atoms with Crippen LogP contribution in [0.15, 0.2) is 24.4 Å². The summed E-state index contributed by atoms with van der Waals surface area (Å²) >= 11 is 5.89. The van der Waals surface area contributed by atoms with E-state index in [1.54, 1.807) is 0 Å². The van der Waals surface area contributed by atoms with Crippen LogP contribution in [0, 0.1) is 6.92 Å². The molecule has 0 fully saturated rings. The van der Waals surface area contributed by atoms with Crippen LogP contribution in [0.1, 0.15) is 12.5 Å². The average Bonchev–Trinajstić information content (AvgIpc) is 1.98. The lowest BCUT2D eigenvalue weighted by molar-refractivity contribution is -0.566. The minimum atomic E-state index is 0.730. The Hall–Kier alpha value is -0.820. The Morgan fingerprint density at radius 3 is 2.82 bits per heavy atom. The Kier molecular flexibility index (Phi) is 2.66. The monoisotopic (exact) mass is 168 g/mol. The zero-order chi connectivity index (χ0) is 8.27. The van der Waals surface area contributed by atoms with Crippen LogP contribution in [0.4, 0.5) is 0 Å². The third-order valence-corrected chi connectivity index (χ3v) is 1.70. The van der Waals surface area contributed by atoms with E-state index >= 15 is 0 Å². The lowest BCUT2D eigenvalue weighted by Crippen LogP contribution is -2.26. The summed E-state index contributed by atoms with van der Waals surface area (Å²) in [6.45, 7) is 4.00. The summed E-state index contributed by atoms with van der Waals surface area (Å²) in [5, 5.41) is 0.730. The van der Waals surface area contributed by atoms with Gasteiger partial charge < -0.3 is 0 Å². The molecule has 0 aliphatic carbocycles. The molecule has 1 aromatic heterocycles. The van der Waals surface area contributed by atoms with Crippen molar-refractivity contribution in [2.75, 3.05) is 0 Å². The number of rotatable bonds is 1. The molecule has 0 N–H and O–H groups in total. The fraction of sp³-hybridized carbons (Fsp3) is 0.222. The average molecular weight is 169 g/mol. The van der Waals surface area contributed by atoms with Gasteiger partial charge >= 0.3 is 0 Å². The van der Waals surface area contributed by atoms with Crippen LogP contribution in [-0.2, 0) is 0 Å². The summed E-state index contributed by atoms with van der Waals surface area (Å²) in [6, 6.07) is 3.87. The molecule has 0 amide bonds. The van der Waals surface area contributed by atoms with Gasteiger partial charge in [0.1, 0.15) is 0 Å². The Labute approximate surface area is 71.9 Å². The molecule has 58 valence electrons. The summed E-state index contributed by atoms with van der Waals surface area (Å²) in [6.07, 6.45) is 5.86. The van der Waals surface area contributed by atoms with Crippen molar-refractivity contribution in [2.45, 2.75) is 13.8 Å². The number of nitrogens with zero attached hydrogens (tertiary/aromatic N) is 1. The van der Waals surface area contributed by atoms with Crippen LogP contribution < -0.4 is 4.57 Å². The molecule has 0 aliphatic heterocycles. The van der Waals surface area contributed by atoms with Gasteiger partial charge in [-0.15, -0.1) is 0 Å². The molecular formula is C9H11ClN+. The van der Waals surface area contributed by atoms with E-state index in [0.29, 0.717) is 0 Å². The van der Waals surface area contributed by atoms with Crippen LogP contribution in [0.3, 0.4) is 0 Å². The van der Waals surface area contributed by atoms with Crippen LogP contribution in [-0.4, -0.2) is 0 Å². The second-order valence-corrected chi connectivity index (χ2v) is 2.81. The van der Waals surface area contributed by atoms with Gasteiger partial charge in [-0.05, 0) is 37.6 Å². The fourth-order valence-corrected chi connectivity index (χ4v) is 1.05. The second-order valence-electron chi connectivity index (χ2n) is 2.42. The third-order valence-electron chi connectivity index (χ3n) is 1.38. The summed E-state index contributed by atoms with van der Waals surface area (Å²) in [4.78, 5) is 0. The molecule has 2 heteroatoms. The summed E-state index contributed by atoms with van der Waals surface area (Å²) in [7, 11) is 0. The molecule has 1 rings (SSSR count). The highest BCUT2D eigenvalue weighted by Crippen LogP contribution is 2.02. The lowest BCUT2D eigenvalue weighted by atomic mass is 10.3. The zero-order valence-corrected chi connectivity index (χ0v) is 7.47. The Morgan fingerprint density at radius 1 is 1.45 bits per heavy atom. The van der Waals surface area contributed by atoms with Crippen molar-refractivity contribution in [3.05, 3.63) is 35.1 Å². The first-order valence-electron chi connectivity index (χ1n) is 3.54. The van der Waals surface area contributed by atoms with E-state index in [-0.39, 0.29) is 0 Å². The van der Waals surface area contributed by atoms with Crippen LogP contribution in [0.2, 0.25) is 5.15 Å². The van der Waals surface area contributed by atoms with Gasteiger partial charge in [0, 0.05) is 11.6 Å². The van der Waals surface area contributed by atoms with Gasteiger partial charge in [-0.1, -0.05) is 0 Å². The Bertz CT molecular complexity index is 279. The smallest absolute Gasteiger partial charge is 0.157 e.